The number of rotatable bonds is 5. The predicted molar refractivity (Wildman–Crippen MR) is 114 cm³/mol. The second-order valence-electron chi connectivity index (χ2n) is 7.19. The van der Waals surface area contributed by atoms with E-state index in [2.05, 4.69) is 64.3 Å². The van der Waals surface area contributed by atoms with E-state index in [-0.39, 0.29) is 6.04 Å². The summed E-state index contributed by atoms with van der Waals surface area (Å²) in [5.41, 5.74) is 5.11. The molecule has 1 aliphatic heterocycles. The summed E-state index contributed by atoms with van der Waals surface area (Å²) in [7, 11) is 3.36. The van der Waals surface area contributed by atoms with E-state index in [0.29, 0.717) is 0 Å². The van der Waals surface area contributed by atoms with Crippen LogP contribution in [0.4, 0.5) is 0 Å². The lowest BCUT2D eigenvalue weighted by atomic mass is 9.93. The highest BCUT2D eigenvalue weighted by Crippen LogP contribution is 2.40. The van der Waals surface area contributed by atoms with E-state index >= 15 is 0 Å². The maximum absolute atomic E-state index is 5.60. The van der Waals surface area contributed by atoms with Crippen LogP contribution < -0.4 is 14.8 Å². The van der Waals surface area contributed by atoms with Crippen molar-refractivity contribution in [2.75, 3.05) is 40.4 Å². The summed E-state index contributed by atoms with van der Waals surface area (Å²) in [6.07, 6.45) is 1.15. The SMILES string of the molecule is COc1cc(Br)c(C(c2cc(C)cc(C)c2)N2CCCNCC2)cc1OC. The van der Waals surface area contributed by atoms with Crippen molar-refractivity contribution in [2.24, 2.45) is 0 Å². The first kappa shape index (κ1) is 20.2. The average molecular weight is 433 g/mol. The van der Waals surface area contributed by atoms with E-state index < -0.39 is 0 Å². The van der Waals surface area contributed by atoms with Crippen molar-refractivity contribution in [3.8, 4) is 11.5 Å². The molecule has 2 aromatic carbocycles. The maximum Gasteiger partial charge on any atom is 0.161 e. The molecule has 1 saturated heterocycles. The maximum atomic E-state index is 5.60. The first-order valence-electron chi connectivity index (χ1n) is 9.48. The lowest BCUT2D eigenvalue weighted by Crippen LogP contribution is -2.33. The van der Waals surface area contributed by atoms with Crippen LogP contribution in [-0.2, 0) is 0 Å². The Balaban J connectivity index is 2.14. The van der Waals surface area contributed by atoms with Crippen molar-refractivity contribution in [2.45, 2.75) is 26.3 Å². The molecule has 4 nitrogen and oxygen atoms in total. The molecule has 5 heteroatoms. The number of nitrogens with one attached hydrogen (secondary N) is 1. The van der Waals surface area contributed by atoms with Gasteiger partial charge in [-0.25, -0.2) is 0 Å². The number of methoxy groups -OCH3 is 2. The molecule has 1 fully saturated rings. The molecule has 1 heterocycles. The number of hydrogen-bond acceptors (Lipinski definition) is 4. The number of benzene rings is 2. The summed E-state index contributed by atoms with van der Waals surface area (Å²) < 4.78 is 12.1. The zero-order chi connectivity index (χ0) is 19.4. The van der Waals surface area contributed by atoms with Crippen LogP contribution in [0.25, 0.3) is 0 Å². The Labute approximate surface area is 171 Å². The highest BCUT2D eigenvalue weighted by atomic mass is 79.9. The van der Waals surface area contributed by atoms with Crippen LogP contribution in [0.3, 0.4) is 0 Å². The molecular formula is C22H29BrN2O2. The molecular weight excluding hydrogens is 404 g/mol. The van der Waals surface area contributed by atoms with Gasteiger partial charge in [-0.2, -0.15) is 0 Å². The highest BCUT2D eigenvalue weighted by Gasteiger charge is 2.27. The Morgan fingerprint density at radius 1 is 0.926 bits per heavy atom. The molecule has 1 atom stereocenters. The molecule has 1 unspecified atom stereocenters. The number of hydrogen-bond donors (Lipinski definition) is 1. The molecule has 0 amide bonds. The Morgan fingerprint density at radius 3 is 2.26 bits per heavy atom. The smallest absolute Gasteiger partial charge is 0.161 e. The molecule has 1 N–H and O–H groups in total. The van der Waals surface area contributed by atoms with E-state index in [1.807, 2.05) is 6.07 Å². The third-order valence-electron chi connectivity index (χ3n) is 5.10. The summed E-state index contributed by atoms with van der Waals surface area (Å²) in [6, 6.07) is 11.1. The Bertz CT molecular complexity index is 766. The van der Waals surface area contributed by atoms with Gasteiger partial charge < -0.3 is 14.8 Å². The summed E-state index contributed by atoms with van der Waals surface area (Å²) in [5.74, 6) is 1.50. The fraction of sp³-hybridized carbons (Fsp3) is 0.455. The van der Waals surface area contributed by atoms with Crippen molar-refractivity contribution >= 4 is 15.9 Å². The molecule has 0 spiro atoms. The minimum atomic E-state index is 0.165. The van der Waals surface area contributed by atoms with E-state index in [4.69, 9.17) is 9.47 Å². The Morgan fingerprint density at radius 2 is 1.59 bits per heavy atom. The molecule has 2 aromatic rings. The summed E-state index contributed by atoms with van der Waals surface area (Å²) in [6.45, 7) is 8.49. The van der Waals surface area contributed by atoms with Gasteiger partial charge in [-0.3, -0.25) is 4.90 Å². The fourth-order valence-corrected chi connectivity index (χ4v) is 4.50. The molecule has 0 aliphatic carbocycles. The van der Waals surface area contributed by atoms with Crippen LogP contribution >= 0.6 is 15.9 Å². The third-order valence-corrected chi connectivity index (χ3v) is 5.78. The number of nitrogens with zero attached hydrogens (tertiary/aromatic N) is 1. The van der Waals surface area contributed by atoms with Crippen LogP contribution in [0.5, 0.6) is 11.5 Å². The average Bonchev–Trinajstić information content (AvgIpc) is 2.91. The quantitative estimate of drug-likeness (QED) is 0.755. The monoisotopic (exact) mass is 432 g/mol. The fourth-order valence-electron chi connectivity index (χ4n) is 3.96. The van der Waals surface area contributed by atoms with Crippen molar-refractivity contribution in [3.63, 3.8) is 0 Å². The van der Waals surface area contributed by atoms with Crippen LogP contribution in [0.15, 0.2) is 34.8 Å². The molecule has 1 aliphatic rings. The zero-order valence-corrected chi connectivity index (χ0v) is 18.2. The van der Waals surface area contributed by atoms with Crippen molar-refractivity contribution < 1.29 is 9.47 Å². The number of aryl methyl sites for hydroxylation is 2. The number of ether oxygens (including phenoxy) is 2. The highest BCUT2D eigenvalue weighted by molar-refractivity contribution is 9.10. The first-order valence-corrected chi connectivity index (χ1v) is 10.3. The molecule has 0 aromatic heterocycles. The molecule has 0 bridgehead atoms. The van der Waals surface area contributed by atoms with E-state index in [0.717, 1.165) is 48.6 Å². The van der Waals surface area contributed by atoms with Crippen LogP contribution in [-0.4, -0.2) is 45.3 Å². The van der Waals surface area contributed by atoms with Gasteiger partial charge in [0.15, 0.2) is 11.5 Å². The summed E-state index contributed by atoms with van der Waals surface area (Å²) in [4.78, 5) is 2.57. The van der Waals surface area contributed by atoms with Gasteiger partial charge in [0.1, 0.15) is 0 Å². The van der Waals surface area contributed by atoms with E-state index in [1.54, 1.807) is 14.2 Å². The van der Waals surface area contributed by atoms with Gasteiger partial charge in [-0.15, -0.1) is 0 Å². The lowest BCUT2D eigenvalue weighted by molar-refractivity contribution is 0.239. The molecule has 146 valence electrons. The molecule has 3 rings (SSSR count). The van der Waals surface area contributed by atoms with Gasteiger partial charge in [0.2, 0.25) is 0 Å². The summed E-state index contributed by atoms with van der Waals surface area (Å²) >= 11 is 3.79. The van der Waals surface area contributed by atoms with Gasteiger partial charge in [-0.1, -0.05) is 45.3 Å². The van der Waals surface area contributed by atoms with Gasteiger partial charge in [0, 0.05) is 24.1 Å². The molecule has 0 saturated carbocycles. The standard InChI is InChI=1S/C22H29BrN2O2/c1-15-10-16(2)12-17(11-15)22(25-8-5-6-24-7-9-25)18-13-20(26-3)21(27-4)14-19(18)23/h10-14,22,24H,5-9H2,1-4H3. The zero-order valence-electron chi connectivity index (χ0n) is 16.6. The van der Waals surface area contributed by atoms with Crippen LogP contribution in [0, 0.1) is 13.8 Å². The Hall–Kier alpha value is -1.56. The van der Waals surface area contributed by atoms with E-state index in [9.17, 15) is 0 Å². The molecule has 27 heavy (non-hydrogen) atoms. The van der Waals surface area contributed by atoms with Gasteiger partial charge in [0.05, 0.1) is 20.3 Å². The van der Waals surface area contributed by atoms with E-state index in [1.165, 1.54) is 22.3 Å². The third kappa shape index (κ3) is 4.65. The number of halogens is 1. The second-order valence-corrected chi connectivity index (χ2v) is 8.05. The first-order chi connectivity index (χ1) is 13.0. The van der Waals surface area contributed by atoms with Gasteiger partial charge in [0.25, 0.3) is 0 Å². The van der Waals surface area contributed by atoms with Gasteiger partial charge >= 0.3 is 0 Å². The predicted octanol–water partition coefficient (Wildman–Crippen LogP) is 4.47. The second kappa shape index (κ2) is 9.09. The normalized spacial score (nSPS) is 16.6. The van der Waals surface area contributed by atoms with Crippen LogP contribution in [0.2, 0.25) is 0 Å². The van der Waals surface area contributed by atoms with Crippen molar-refractivity contribution in [1.82, 2.24) is 10.2 Å². The minimum absolute atomic E-state index is 0.165. The lowest BCUT2D eigenvalue weighted by Gasteiger charge is -2.33. The van der Waals surface area contributed by atoms with Crippen molar-refractivity contribution in [3.05, 3.63) is 57.1 Å². The topological polar surface area (TPSA) is 33.7 Å². The van der Waals surface area contributed by atoms with Crippen molar-refractivity contribution in [1.29, 1.82) is 0 Å². The molecule has 0 radical (unpaired) electrons. The Kier molecular flexibility index (Phi) is 6.79. The van der Waals surface area contributed by atoms with Gasteiger partial charge in [-0.05, 0) is 50.1 Å². The largest absolute Gasteiger partial charge is 0.493 e. The minimum Gasteiger partial charge on any atom is -0.493 e. The van der Waals surface area contributed by atoms with Crippen LogP contribution in [0.1, 0.15) is 34.7 Å². The summed E-state index contributed by atoms with van der Waals surface area (Å²) in [5, 5.41) is 3.52.